The number of aromatic amines is 1. The van der Waals surface area contributed by atoms with E-state index in [2.05, 4.69) is 16.3 Å². The Morgan fingerprint density at radius 3 is 2.70 bits per heavy atom. The second-order valence-corrected chi connectivity index (χ2v) is 7.43. The molecule has 1 aliphatic heterocycles. The van der Waals surface area contributed by atoms with Crippen molar-refractivity contribution in [2.75, 3.05) is 13.1 Å². The summed E-state index contributed by atoms with van der Waals surface area (Å²) < 4.78 is 15.4. The number of likely N-dealkylation sites (tertiary alicyclic amines) is 1. The van der Waals surface area contributed by atoms with Crippen molar-refractivity contribution in [3.8, 4) is 11.1 Å². The minimum Gasteiger partial charge on any atom is -0.360 e. The molecule has 5 nitrogen and oxygen atoms in total. The first kappa shape index (κ1) is 17.8. The zero-order chi connectivity index (χ0) is 17.7. The molecule has 1 aromatic carbocycles. The molecule has 5 rings (SSSR count). The molecule has 6 heteroatoms. The van der Waals surface area contributed by atoms with Crippen molar-refractivity contribution >= 4 is 16.8 Å². The quantitative estimate of drug-likeness (QED) is 0.746. The Bertz CT molecular complexity index is 964. The Kier molecular flexibility index (Phi) is 4.50. The minimum absolute atomic E-state index is 0. The van der Waals surface area contributed by atoms with Crippen molar-refractivity contribution in [3.05, 3.63) is 42.6 Å². The molecule has 0 radical (unpaired) electrons. The van der Waals surface area contributed by atoms with Gasteiger partial charge in [-0.15, -0.1) is 0 Å². The molecule has 3 aromatic rings. The molecule has 2 aliphatic rings. The van der Waals surface area contributed by atoms with E-state index in [1.54, 1.807) is 6.07 Å². The van der Waals surface area contributed by atoms with Gasteiger partial charge in [0.05, 0.1) is 12.2 Å². The highest BCUT2D eigenvalue weighted by Gasteiger charge is 2.35. The molecule has 1 N–H and O–H groups in total. The van der Waals surface area contributed by atoms with E-state index in [-0.39, 0.29) is 13.2 Å². The average Bonchev–Trinajstić information content (AvgIpc) is 3.25. The highest BCUT2D eigenvalue weighted by atomic mass is 19.1. The van der Waals surface area contributed by atoms with Crippen molar-refractivity contribution in [2.45, 2.75) is 39.2 Å². The first-order valence-corrected chi connectivity index (χ1v) is 9.29. The van der Waals surface area contributed by atoms with Gasteiger partial charge in [0.1, 0.15) is 5.82 Å². The first-order valence-electron chi connectivity index (χ1n) is 9.29. The summed E-state index contributed by atoms with van der Waals surface area (Å²) in [5.74, 6) is 0.402. The summed E-state index contributed by atoms with van der Waals surface area (Å²) in [6, 6.07) is 5.12. The van der Waals surface area contributed by atoms with Crippen molar-refractivity contribution in [2.24, 2.45) is 5.92 Å². The largest absolute Gasteiger partial charge is 0.360 e. The van der Waals surface area contributed by atoms with Gasteiger partial charge in [-0.2, -0.15) is 5.10 Å². The summed E-state index contributed by atoms with van der Waals surface area (Å²) in [4.78, 5) is 17.3. The summed E-state index contributed by atoms with van der Waals surface area (Å²) >= 11 is 0. The molecule has 0 bridgehead atoms. The Morgan fingerprint density at radius 2 is 1.96 bits per heavy atom. The van der Waals surface area contributed by atoms with Gasteiger partial charge >= 0.3 is 0 Å². The van der Waals surface area contributed by atoms with Crippen LogP contribution < -0.4 is 0 Å². The fraction of sp³-hybridized carbons (Fsp3) is 0.429. The molecule has 1 amide bonds. The molecule has 142 valence electrons. The molecular formula is C21H25FN4O. The van der Waals surface area contributed by atoms with Crippen LogP contribution in [-0.2, 0) is 4.79 Å². The number of halogens is 1. The van der Waals surface area contributed by atoms with Crippen molar-refractivity contribution < 1.29 is 9.18 Å². The molecule has 1 saturated heterocycles. The topological polar surface area (TPSA) is 53.9 Å². The van der Waals surface area contributed by atoms with E-state index < -0.39 is 0 Å². The summed E-state index contributed by atoms with van der Waals surface area (Å²) in [6.45, 7) is 1.64. The van der Waals surface area contributed by atoms with Gasteiger partial charge in [0.25, 0.3) is 0 Å². The third-order valence-corrected chi connectivity index (χ3v) is 5.63. The molecule has 1 saturated carbocycles. The summed E-state index contributed by atoms with van der Waals surface area (Å²) in [5.41, 5.74) is 2.85. The normalized spacial score (nSPS) is 17.9. The highest BCUT2D eigenvalue weighted by Crippen LogP contribution is 2.34. The zero-order valence-corrected chi connectivity index (χ0v) is 14.5. The highest BCUT2D eigenvalue weighted by molar-refractivity contribution is 5.95. The van der Waals surface area contributed by atoms with Crippen LogP contribution in [0.5, 0.6) is 0 Å². The van der Waals surface area contributed by atoms with E-state index >= 15 is 0 Å². The van der Waals surface area contributed by atoms with Crippen LogP contribution in [0.4, 0.5) is 4.39 Å². The number of nitrogens with zero attached hydrogens (tertiary/aromatic N) is 3. The number of hydrogen-bond acceptors (Lipinski definition) is 2. The summed E-state index contributed by atoms with van der Waals surface area (Å²) in [7, 11) is 0. The number of benzene rings is 1. The number of fused-ring (bicyclic) bond motifs is 1. The smallest absolute Gasteiger partial charge is 0.225 e. The van der Waals surface area contributed by atoms with Gasteiger partial charge in [-0.05, 0) is 43.9 Å². The van der Waals surface area contributed by atoms with Crippen molar-refractivity contribution in [3.63, 3.8) is 0 Å². The predicted octanol–water partition coefficient (Wildman–Crippen LogP) is 4.38. The Balaban J connectivity index is 0.00000180. The van der Waals surface area contributed by atoms with Crippen LogP contribution in [0.25, 0.3) is 22.0 Å². The number of hydrogen-bond donors (Lipinski definition) is 1. The number of nitrogens with one attached hydrogen (secondary N) is 1. The second-order valence-electron chi connectivity index (χ2n) is 7.43. The first-order chi connectivity index (χ1) is 12.7. The van der Waals surface area contributed by atoms with E-state index in [9.17, 15) is 9.18 Å². The minimum atomic E-state index is -0.242. The fourth-order valence-electron chi connectivity index (χ4n) is 3.95. The standard InChI is InChI=1S/C20H21FN4O.CH4/c21-15-3-4-17-18(11-22-19(17)9-15)14-10-23-25(12-14)16-5-7-24(8-6-16)20(26)13-1-2-13;/h3-4,9-13,16,22H,1-2,5-8H2;1H4. The van der Waals surface area contributed by atoms with Gasteiger partial charge in [-0.1, -0.05) is 7.43 Å². The van der Waals surface area contributed by atoms with E-state index in [1.807, 2.05) is 22.0 Å². The SMILES string of the molecule is C.O=C(C1CC1)N1CCC(n2cc(-c3c[nH]c4cc(F)ccc34)cn2)CC1. The Morgan fingerprint density at radius 1 is 1.19 bits per heavy atom. The monoisotopic (exact) mass is 368 g/mol. The van der Waals surface area contributed by atoms with Crippen LogP contribution in [0.15, 0.2) is 36.8 Å². The van der Waals surface area contributed by atoms with E-state index in [1.165, 1.54) is 12.1 Å². The molecule has 0 unspecified atom stereocenters. The van der Waals surface area contributed by atoms with E-state index in [4.69, 9.17) is 0 Å². The van der Waals surface area contributed by atoms with Crippen LogP contribution in [0.2, 0.25) is 0 Å². The molecule has 2 aromatic heterocycles. The van der Waals surface area contributed by atoms with Crippen LogP contribution in [-0.4, -0.2) is 38.7 Å². The second kappa shape index (κ2) is 6.83. The van der Waals surface area contributed by atoms with Gasteiger partial charge < -0.3 is 9.88 Å². The Labute approximate surface area is 158 Å². The molecule has 0 atom stereocenters. The van der Waals surface area contributed by atoms with Gasteiger partial charge in [-0.25, -0.2) is 4.39 Å². The predicted molar refractivity (Wildman–Crippen MR) is 104 cm³/mol. The molecule has 27 heavy (non-hydrogen) atoms. The number of amides is 1. The lowest BCUT2D eigenvalue weighted by molar-refractivity contribution is -0.133. The third-order valence-electron chi connectivity index (χ3n) is 5.63. The van der Waals surface area contributed by atoms with Crippen LogP contribution in [0, 0.1) is 11.7 Å². The lowest BCUT2D eigenvalue weighted by Crippen LogP contribution is -2.39. The maximum atomic E-state index is 13.4. The van der Waals surface area contributed by atoms with Crippen LogP contribution in [0.3, 0.4) is 0 Å². The Hall–Kier alpha value is -2.63. The lowest BCUT2D eigenvalue weighted by Gasteiger charge is -2.32. The van der Waals surface area contributed by atoms with E-state index in [0.29, 0.717) is 17.9 Å². The molecule has 0 spiro atoms. The lowest BCUT2D eigenvalue weighted by atomic mass is 10.0. The molecule has 2 fully saturated rings. The number of H-pyrrole nitrogens is 1. The number of rotatable bonds is 3. The van der Waals surface area contributed by atoms with Crippen molar-refractivity contribution in [1.29, 1.82) is 0 Å². The molecular weight excluding hydrogens is 343 g/mol. The number of piperidine rings is 1. The third kappa shape index (κ3) is 3.24. The van der Waals surface area contributed by atoms with Crippen LogP contribution in [0.1, 0.15) is 39.2 Å². The van der Waals surface area contributed by atoms with Gasteiger partial charge in [-0.3, -0.25) is 9.48 Å². The molecule has 1 aliphatic carbocycles. The van der Waals surface area contributed by atoms with Gasteiger partial charge in [0.15, 0.2) is 0 Å². The number of aromatic nitrogens is 3. The van der Waals surface area contributed by atoms with Gasteiger partial charge in [0, 0.05) is 53.4 Å². The maximum Gasteiger partial charge on any atom is 0.225 e. The van der Waals surface area contributed by atoms with E-state index in [0.717, 1.165) is 60.8 Å². The van der Waals surface area contributed by atoms with Gasteiger partial charge in [0.2, 0.25) is 5.91 Å². The fourth-order valence-corrected chi connectivity index (χ4v) is 3.95. The molecule has 3 heterocycles. The van der Waals surface area contributed by atoms with Crippen molar-refractivity contribution in [1.82, 2.24) is 19.7 Å². The average molecular weight is 368 g/mol. The summed E-state index contributed by atoms with van der Waals surface area (Å²) in [6.07, 6.45) is 9.86. The summed E-state index contributed by atoms with van der Waals surface area (Å²) in [5, 5.41) is 5.56. The number of carbonyl (C=O) groups is 1. The number of carbonyl (C=O) groups excluding carboxylic acids is 1. The zero-order valence-electron chi connectivity index (χ0n) is 14.5. The van der Waals surface area contributed by atoms with Crippen LogP contribution >= 0.6 is 0 Å². The maximum absolute atomic E-state index is 13.4.